The van der Waals surface area contributed by atoms with E-state index in [0.717, 1.165) is 22.3 Å². The van der Waals surface area contributed by atoms with Crippen molar-refractivity contribution in [2.45, 2.75) is 22.7 Å². The van der Waals surface area contributed by atoms with Gasteiger partial charge in [-0.1, -0.05) is 121 Å². The highest BCUT2D eigenvalue weighted by Crippen LogP contribution is 2.66. The van der Waals surface area contributed by atoms with Gasteiger partial charge in [0, 0.05) is 74.6 Å². The van der Waals surface area contributed by atoms with E-state index in [1.165, 1.54) is 0 Å². The van der Waals surface area contributed by atoms with Crippen molar-refractivity contribution < 1.29 is 19.2 Å². The molecule has 4 aromatic rings. The molecule has 12 saturated heterocycles. The van der Waals surface area contributed by atoms with Crippen LogP contribution in [0.2, 0.25) is 0 Å². The largest absolute Gasteiger partial charge is 0.326 e. The Bertz CT molecular complexity index is 2160. The second kappa shape index (κ2) is 14.6. The molecule has 340 valence electrons. The van der Waals surface area contributed by atoms with Crippen molar-refractivity contribution in [3.63, 3.8) is 0 Å². The smallest absolute Gasteiger partial charge is 0.314 e. The second-order valence-electron chi connectivity index (χ2n) is 18.9. The molecule has 0 unspecified atom stereocenters. The van der Waals surface area contributed by atoms with Gasteiger partial charge in [-0.3, -0.25) is 58.8 Å². The maximum absolute atomic E-state index is 15.3. The Morgan fingerprint density at radius 3 is 0.652 bits per heavy atom. The molecule has 12 aliphatic rings. The van der Waals surface area contributed by atoms with Gasteiger partial charge >= 0.3 is 24.1 Å². The molecule has 12 heterocycles. The number of urea groups is 4. The predicted octanol–water partition coefficient (Wildman–Crippen LogP) is 2.46. The highest BCUT2D eigenvalue weighted by Gasteiger charge is 2.84. The number of nitrogens with one attached hydrogen (secondary N) is 2. The first-order chi connectivity index (χ1) is 32.4. The van der Waals surface area contributed by atoms with Crippen LogP contribution in [0, 0.1) is 0 Å². The number of nitrogens with zero attached hydrogens (tertiary/aromatic N) is 12. The van der Waals surface area contributed by atoms with Crippen molar-refractivity contribution in [3.05, 3.63) is 144 Å². The van der Waals surface area contributed by atoms with Gasteiger partial charge in [0.2, 0.25) is 0 Å². The average Bonchev–Trinajstić information content (AvgIpc) is 3.93. The fourth-order valence-corrected chi connectivity index (χ4v) is 13.4. The lowest BCUT2D eigenvalue weighted by Gasteiger charge is -2.55. The van der Waals surface area contributed by atoms with Gasteiger partial charge in [-0.05, 0) is 0 Å². The number of carbonyl (C=O) groups excluding carboxylic acids is 4. The third-order valence-corrected chi connectivity index (χ3v) is 15.8. The Kier molecular flexibility index (Phi) is 8.86. The lowest BCUT2D eigenvalue weighted by Crippen LogP contribution is -2.71. The van der Waals surface area contributed by atoms with E-state index in [-0.39, 0.29) is 24.1 Å². The summed E-state index contributed by atoms with van der Waals surface area (Å²) in [7, 11) is 0. The van der Waals surface area contributed by atoms with Crippen LogP contribution in [-0.4, -0.2) is 189 Å². The first-order valence-electron chi connectivity index (χ1n) is 23.3. The van der Waals surface area contributed by atoms with Crippen LogP contribution in [-0.2, 0) is 22.7 Å². The van der Waals surface area contributed by atoms with Gasteiger partial charge < -0.3 is 10.6 Å². The van der Waals surface area contributed by atoms with Crippen LogP contribution < -0.4 is 10.6 Å². The molecule has 12 fully saturated rings. The predicted molar refractivity (Wildman–Crippen MR) is 240 cm³/mol. The quantitative estimate of drug-likeness (QED) is 0.316. The average molecular weight is 891 g/mol. The van der Waals surface area contributed by atoms with Crippen LogP contribution in [0.5, 0.6) is 0 Å². The molecule has 2 N–H and O–H groups in total. The molecule has 0 spiro atoms. The maximum atomic E-state index is 15.3. The molecular formula is C48H54N14O4. The topological polar surface area (TPSA) is 131 Å². The summed E-state index contributed by atoms with van der Waals surface area (Å²) in [6.07, 6.45) is 0. The molecule has 16 rings (SSSR count). The van der Waals surface area contributed by atoms with Gasteiger partial charge in [0.05, 0.1) is 53.3 Å². The summed E-state index contributed by atoms with van der Waals surface area (Å²) in [4.78, 5) is 85.3. The van der Waals surface area contributed by atoms with Crippen molar-refractivity contribution >= 4 is 24.1 Å². The molecule has 66 heavy (non-hydrogen) atoms. The summed E-state index contributed by atoms with van der Waals surface area (Å²) >= 11 is 0. The van der Waals surface area contributed by atoms with Crippen LogP contribution >= 0.6 is 0 Å². The molecule has 0 radical (unpaired) electrons. The zero-order valence-electron chi connectivity index (χ0n) is 36.9. The minimum Gasteiger partial charge on any atom is -0.314 e. The SMILES string of the molecule is O=C1N2CN3CCNCCN4CN5C(=O)N6CN(CCNCCN7CN1C1(c8ccccc8)N(C7)C(=O)N(C3)C21c1ccccc1)CN1C(=O)N(C4)C5(c2ccccc2)C61c1ccccc1. The Labute approximate surface area is 383 Å². The zero-order valence-corrected chi connectivity index (χ0v) is 36.9. The summed E-state index contributed by atoms with van der Waals surface area (Å²) in [6, 6.07) is 40.1. The molecule has 12 bridgehead atoms. The summed E-state index contributed by atoms with van der Waals surface area (Å²) in [5.74, 6) is 0. The van der Waals surface area contributed by atoms with Gasteiger partial charge in [-0.15, -0.1) is 0 Å². The van der Waals surface area contributed by atoms with E-state index >= 15 is 19.2 Å². The fourth-order valence-electron chi connectivity index (χ4n) is 13.4. The van der Waals surface area contributed by atoms with Crippen molar-refractivity contribution in [2.24, 2.45) is 0 Å². The van der Waals surface area contributed by atoms with Gasteiger partial charge in [-0.25, -0.2) is 19.2 Å². The number of carbonyl (C=O) groups is 4. The molecular weight excluding hydrogens is 837 g/mol. The molecule has 8 amide bonds. The first-order valence-corrected chi connectivity index (χ1v) is 23.3. The Hall–Kier alpha value is -6.28. The standard InChI is InChI=1S/C48H54N14O4/c63-41-55-29-51-25-21-49-23-27-53-33-59-43(65)61-35-54(36-62-44(66)60(34-53)47(59,39-17-9-3-10-18-39)48(61,62)40-19-11-4-12-20-40)28-24-50-22-26-52-31-57(41)46(38-15-7-2-8-16-38)45(55,37-13-5-1-6-14-37)56(30-51)42(64)58(46)32-52/h1-20,49-50H,21-36H2. The lowest BCUT2D eigenvalue weighted by molar-refractivity contribution is -0.160. The second-order valence-corrected chi connectivity index (χ2v) is 18.9. The zero-order chi connectivity index (χ0) is 44.4. The Balaban J connectivity index is 0.858. The van der Waals surface area contributed by atoms with Crippen molar-refractivity contribution in [1.29, 1.82) is 0 Å². The monoisotopic (exact) mass is 890 g/mol. The molecule has 0 atom stereocenters. The molecule has 4 aromatic carbocycles. The van der Waals surface area contributed by atoms with Crippen LogP contribution in [0.4, 0.5) is 19.2 Å². The lowest BCUT2D eigenvalue weighted by atomic mass is 9.79. The third kappa shape index (κ3) is 4.85. The van der Waals surface area contributed by atoms with E-state index in [2.05, 4.69) is 78.8 Å². The first kappa shape index (κ1) is 40.0. The summed E-state index contributed by atoms with van der Waals surface area (Å²) < 4.78 is 0. The van der Waals surface area contributed by atoms with Crippen molar-refractivity contribution in [1.82, 2.24) is 69.4 Å². The highest BCUT2D eigenvalue weighted by atomic mass is 16.2. The van der Waals surface area contributed by atoms with Crippen molar-refractivity contribution in [2.75, 3.05) is 106 Å². The molecule has 0 aromatic heterocycles. The Morgan fingerprint density at radius 2 is 0.470 bits per heavy atom. The minimum absolute atomic E-state index is 0.101. The van der Waals surface area contributed by atoms with E-state index in [4.69, 9.17) is 0 Å². The molecule has 0 saturated carbocycles. The maximum Gasteiger partial charge on any atom is 0.326 e. The molecule has 18 heteroatoms. The normalized spacial score (nSPS) is 34.9. The van der Waals surface area contributed by atoms with Gasteiger partial charge in [0.1, 0.15) is 0 Å². The van der Waals surface area contributed by atoms with Gasteiger partial charge in [0.15, 0.2) is 22.7 Å². The van der Waals surface area contributed by atoms with E-state index in [1.807, 2.05) is 112 Å². The number of amides is 8. The molecule has 18 nitrogen and oxygen atoms in total. The van der Waals surface area contributed by atoms with Crippen LogP contribution in [0.15, 0.2) is 121 Å². The van der Waals surface area contributed by atoms with E-state index in [9.17, 15) is 0 Å². The van der Waals surface area contributed by atoms with E-state index in [1.54, 1.807) is 0 Å². The van der Waals surface area contributed by atoms with Gasteiger partial charge in [0.25, 0.3) is 0 Å². The van der Waals surface area contributed by atoms with Crippen LogP contribution in [0.25, 0.3) is 0 Å². The summed E-state index contributed by atoms with van der Waals surface area (Å²) in [5, 5.41) is 7.28. The minimum atomic E-state index is -1.11. The number of hydrogen-bond acceptors (Lipinski definition) is 10. The van der Waals surface area contributed by atoms with E-state index < -0.39 is 22.7 Å². The Morgan fingerprint density at radius 1 is 0.288 bits per heavy atom. The van der Waals surface area contributed by atoms with Crippen LogP contribution in [0.3, 0.4) is 0 Å². The van der Waals surface area contributed by atoms with Crippen LogP contribution in [0.1, 0.15) is 22.3 Å². The third-order valence-electron chi connectivity index (χ3n) is 15.8. The molecule has 12 aliphatic heterocycles. The number of benzene rings is 4. The molecule has 0 aliphatic carbocycles. The van der Waals surface area contributed by atoms with Gasteiger partial charge in [-0.2, -0.15) is 0 Å². The highest BCUT2D eigenvalue weighted by molar-refractivity contribution is 5.91. The van der Waals surface area contributed by atoms with E-state index in [0.29, 0.717) is 106 Å². The summed E-state index contributed by atoms with van der Waals surface area (Å²) in [6.45, 7) is 7.47. The fraction of sp³-hybridized carbons (Fsp3) is 0.417. The number of rotatable bonds is 4. The summed E-state index contributed by atoms with van der Waals surface area (Å²) in [5.41, 5.74) is -0.792. The number of hydrogen-bond donors (Lipinski definition) is 2. The van der Waals surface area contributed by atoms with Crippen molar-refractivity contribution in [3.8, 4) is 0 Å².